The van der Waals surface area contributed by atoms with Crippen LogP contribution in [0.2, 0.25) is 0 Å². The molecule has 1 aromatic carbocycles. The zero-order valence-corrected chi connectivity index (χ0v) is 10.8. The van der Waals surface area contributed by atoms with Gasteiger partial charge in [-0.05, 0) is 53.3 Å². The molecule has 0 aliphatic heterocycles. The number of hydrogen-bond acceptors (Lipinski definition) is 4. The third-order valence-corrected chi connectivity index (χ3v) is 3.98. The van der Waals surface area contributed by atoms with E-state index in [0.29, 0.717) is 22.5 Å². The van der Waals surface area contributed by atoms with E-state index in [4.69, 9.17) is 5.73 Å². The van der Waals surface area contributed by atoms with E-state index in [9.17, 15) is 4.39 Å². The fourth-order valence-corrected chi connectivity index (χ4v) is 2.34. The lowest BCUT2D eigenvalue weighted by atomic mass is 10.0. The van der Waals surface area contributed by atoms with Gasteiger partial charge in [0.25, 0.3) is 0 Å². The molecular weight excluding hydrogens is 245 g/mol. The van der Waals surface area contributed by atoms with Gasteiger partial charge in [-0.1, -0.05) is 6.92 Å². The van der Waals surface area contributed by atoms with Crippen LogP contribution in [0.1, 0.15) is 26.2 Å². The lowest BCUT2D eigenvalue weighted by molar-refractivity contribution is 0.382. The summed E-state index contributed by atoms with van der Waals surface area (Å²) in [5.74, 6) is 0.201. The zero-order valence-electron chi connectivity index (χ0n) is 10.8. The topological polar surface area (TPSA) is 69.6 Å². The SMILES string of the molecule is CCC1(Cn2nnnc2-c2cc(F)ccc2N)CC1. The summed E-state index contributed by atoms with van der Waals surface area (Å²) >= 11 is 0. The van der Waals surface area contributed by atoms with E-state index in [1.54, 1.807) is 4.68 Å². The molecule has 1 aromatic heterocycles. The quantitative estimate of drug-likeness (QED) is 0.857. The molecule has 2 N–H and O–H groups in total. The van der Waals surface area contributed by atoms with Crippen LogP contribution in [0.3, 0.4) is 0 Å². The summed E-state index contributed by atoms with van der Waals surface area (Å²) in [5, 5.41) is 11.7. The summed E-state index contributed by atoms with van der Waals surface area (Å²) in [7, 11) is 0. The smallest absolute Gasteiger partial charge is 0.184 e. The van der Waals surface area contributed by atoms with Crippen LogP contribution < -0.4 is 5.73 Å². The van der Waals surface area contributed by atoms with Crippen LogP contribution in [-0.4, -0.2) is 20.2 Å². The molecular formula is C13H16FN5. The Hall–Kier alpha value is -1.98. The largest absolute Gasteiger partial charge is 0.398 e. The Bertz CT molecular complexity index is 603. The van der Waals surface area contributed by atoms with Gasteiger partial charge in [0.15, 0.2) is 5.82 Å². The van der Waals surface area contributed by atoms with Crippen LogP contribution in [0.4, 0.5) is 10.1 Å². The van der Waals surface area contributed by atoms with E-state index in [1.807, 2.05) is 0 Å². The number of nitrogens with zero attached hydrogens (tertiary/aromatic N) is 4. The molecule has 0 unspecified atom stereocenters. The number of rotatable bonds is 4. The van der Waals surface area contributed by atoms with Crippen molar-refractivity contribution in [2.24, 2.45) is 5.41 Å². The van der Waals surface area contributed by atoms with Gasteiger partial charge in [0.1, 0.15) is 5.82 Å². The van der Waals surface area contributed by atoms with Crippen molar-refractivity contribution in [1.29, 1.82) is 0 Å². The van der Waals surface area contributed by atoms with Gasteiger partial charge in [0.2, 0.25) is 0 Å². The number of anilines is 1. The van der Waals surface area contributed by atoms with Gasteiger partial charge in [-0.2, -0.15) is 0 Å². The monoisotopic (exact) mass is 261 g/mol. The van der Waals surface area contributed by atoms with E-state index >= 15 is 0 Å². The van der Waals surface area contributed by atoms with Crippen molar-refractivity contribution in [3.8, 4) is 11.4 Å². The van der Waals surface area contributed by atoms with Crippen molar-refractivity contribution < 1.29 is 4.39 Å². The molecule has 3 rings (SSSR count). The highest BCUT2D eigenvalue weighted by atomic mass is 19.1. The molecule has 0 bridgehead atoms. The fourth-order valence-electron chi connectivity index (χ4n) is 2.34. The summed E-state index contributed by atoms with van der Waals surface area (Å²) in [4.78, 5) is 0. The lowest BCUT2D eigenvalue weighted by Gasteiger charge is -2.13. The van der Waals surface area contributed by atoms with Gasteiger partial charge in [-0.3, -0.25) is 0 Å². The standard InChI is InChI=1S/C13H16FN5/c1-2-13(5-6-13)8-19-12(16-17-18-19)10-7-9(14)3-4-11(10)15/h3-4,7H,2,5-6,8,15H2,1H3. The van der Waals surface area contributed by atoms with Crippen LogP contribution in [0.5, 0.6) is 0 Å². The van der Waals surface area contributed by atoms with Gasteiger partial charge in [0, 0.05) is 11.3 Å². The minimum absolute atomic E-state index is 0.312. The second-order valence-electron chi connectivity index (χ2n) is 5.25. The van der Waals surface area contributed by atoms with Crippen LogP contribution in [-0.2, 0) is 6.54 Å². The van der Waals surface area contributed by atoms with Gasteiger partial charge in [0.05, 0.1) is 6.54 Å². The van der Waals surface area contributed by atoms with Crippen LogP contribution in [0, 0.1) is 11.2 Å². The van der Waals surface area contributed by atoms with E-state index in [-0.39, 0.29) is 5.82 Å². The van der Waals surface area contributed by atoms with Crippen molar-refractivity contribution in [3.05, 3.63) is 24.0 Å². The molecule has 100 valence electrons. The van der Waals surface area contributed by atoms with E-state index in [2.05, 4.69) is 22.4 Å². The van der Waals surface area contributed by atoms with Crippen LogP contribution >= 0.6 is 0 Å². The van der Waals surface area contributed by atoms with E-state index in [0.717, 1.165) is 13.0 Å². The molecule has 0 atom stereocenters. The number of halogens is 1. The molecule has 19 heavy (non-hydrogen) atoms. The Balaban J connectivity index is 1.97. The van der Waals surface area contributed by atoms with E-state index in [1.165, 1.54) is 31.0 Å². The molecule has 6 heteroatoms. The van der Waals surface area contributed by atoms with Crippen molar-refractivity contribution in [1.82, 2.24) is 20.2 Å². The number of tetrazole rings is 1. The Morgan fingerprint density at radius 1 is 1.42 bits per heavy atom. The average molecular weight is 261 g/mol. The van der Waals surface area contributed by atoms with Gasteiger partial charge >= 0.3 is 0 Å². The maximum atomic E-state index is 13.4. The first kappa shape index (κ1) is 12.1. The predicted molar refractivity (Wildman–Crippen MR) is 69.6 cm³/mol. The molecule has 1 aliphatic rings. The highest BCUT2D eigenvalue weighted by Crippen LogP contribution is 2.50. The molecule has 2 aromatic rings. The van der Waals surface area contributed by atoms with Crippen molar-refractivity contribution in [3.63, 3.8) is 0 Å². The van der Waals surface area contributed by atoms with Gasteiger partial charge in [-0.15, -0.1) is 5.10 Å². The van der Waals surface area contributed by atoms with Crippen molar-refractivity contribution in [2.45, 2.75) is 32.7 Å². The molecule has 1 fully saturated rings. The number of benzene rings is 1. The van der Waals surface area contributed by atoms with E-state index < -0.39 is 0 Å². The molecule has 0 saturated heterocycles. The first-order valence-electron chi connectivity index (χ1n) is 6.45. The highest BCUT2D eigenvalue weighted by molar-refractivity contribution is 5.71. The second-order valence-corrected chi connectivity index (χ2v) is 5.25. The molecule has 0 radical (unpaired) electrons. The molecule has 0 spiro atoms. The van der Waals surface area contributed by atoms with Crippen molar-refractivity contribution >= 4 is 5.69 Å². The first-order chi connectivity index (χ1) is 9.13. The third kappa shape index (κ3) is 2.18. The Morgan fingerprint density at radius 3 is 2.89 bits per heavy atom. The first-order valence-corrected chi connectivity index (χ1v) is 6.45. The summed E-state index contributed by atoms with van der Waals surface area (Å²) in [5.41, 5.74) is 7.24. The summed E-state index contributed by atoms with van der Waals surface area (Å²) in [6, 6.07) is 4.25. The number of aromatic nitrogens is 4. The minimum atomic E-state index is -0.338. The predicted octanol–water partition coefficient (Wildman–Crippen LogP) is 2.25. The van der Waals surface area contributed by atoms with Crippen LogP contribution in [0.25, 0.3) is 11.4 Å². The number of nitrogen functional groups attached to an aromatic ring is 1. The Labute approximate surface area is 110 Å². The minimum Gasteiger partial charge on any atom is -0.398 e. The van der Waals surface area contributed by atoms with Crippen LogP contribution in [0.15, 0.2) is 18.2 Å². The molecule has 0 amide bonds. The molecule has 1 aliphatic carbocycles. The number of nitrogens with two attached hydrogens (primary N) is 1. The fraction of sp³-hybridized carbons (Fsp3) is 0.462. The average Bonchev–Trinajstić information content (AvgIpc) is 3.03. The lowest BCUT2D eigenvalue weighted by Crippen LogP contribution is -2.13. The highest BCUT2D eigenvalue weighted by Gasteiger charge is 2.41. The normalized spacial score (nSPS) is 16.5. The molecule has 1 heterocycles. The Morgan fingerprint density at radius 2 is 2.21 bits per heavy atom. The summed E-state index contributed by atoms with van der Waals surface area (Å²) < 4.78 is 15.1. The summed E-state index contributed by atoms with van der Waals surface area (Å²) in [6.45, 7) is 2.94. The van der Waals surface area contributed by atoms with Crippen molar-refractivity contribution in [2.75, 3.05) is 5.73 Å². The Kier molecular flexibility index (Phi) is 2.73. The second kappa shape index (κ2) is 4.29. The third-order valence-electron chi connectivity index (χ3n) is 3.98. The summed E-state index contributed by atoms with van der Waals surface area (Å²) in [6.07, 6.45) is 3.49. The zero-order chi connectivity index (χ0) is 13.5. The maximum absolute atomic E-state index is 13.4. The van der Waals surface area contributed by atoms with Gasteiger partial charge < -0.3 is 5.73 Å². The molecule has 5 nitrogen and oxygen atoms in total. The maximum Gasteiger partial charge on any atom is 0.184 e. The van der Waals surface area contributed by atoms with Gasteiger partial charge in [-0.25, -0.2) is 9.07 Å². The molecule has 1 saturated carbocycles. The number of hydrogen-bond donors (Lipinski definition) is 1.